The van der Waals surface area contributed by atoms with E-state index in [4.69, 9.17) is 23.8 Å². The maximum Gasteiger partial charge on any atom is 0.171 e. The number of anilines is 1. The molecule has 2 rings (SSSR count). The van der Waals surface area contributed by atoms with Gasteiger partial charge in [-0.2, -0.15) is 0 Å². The monoisotopic (exact) mass is 300 g/mol. The Kier molecular flexibility index (Phi) is 4.99. The third-order valence-corrected chi connectivity index (χ3v) is 4.12. The van der Waals surface area contributed by atoms with Crippen molar-refractivity contribution in [2.75, 3.05) is 5.32 Å². The standard InChI is InChI=1S/C14H18ClFN2S/c1-9-4-2-3-5-13(9)18-14(19)17-10-6-7-12(16)11(15)8-10/h6-9,13H,2-5H2,1H3,(H2,17,18,19)/t9-,13+/m0/s1. The minimum atomic E-state index is -0.424. The largest absolute Gasteiger partial charge is 0.359 e. The van der Waals surface area contributed by atoms with E-state index in [1.807, 2.05) is 0 Å². The summed E-state index contributed by atoms with van der Waals surface area (Å²) in [5.74, 6) is 0.206. The van der Waals surface area contributed by atoms with Crippen molar-refractivity contribution >= 4 is 34.6 Å². The molecule has 104 valence electrons. The summed E-state index contributed by atoms with van der Waals surface area (Å²) in [6.45, 7) is 2.24. The lowest BCUT2D eigenvalue weighted by Crippen LogP contribution is -2.43. The fourth-order valence-electron chi connectivity index (χ4n) is 2.44. The summed E-state index contributed by atoms with van der Waals surface area (Å²) < 4.78 is 13.1. The Morgan fingerprint density at radius 2 is 2.11 bits per heavy atom. The summed E-state index contributed by atoms with van der Waals surface area (Å²) in [5.41, 5.74) is 0.701. The highest BCUT2D eigenvalue weighted by molar-refractivity contribution is 7.80. The quantitative estimate of drug-likeness (QED) is 0.794. The highest BCUT2D eigenvalue weighted by atomic mass is 35.5. The topological polar surface area (TPSA) is 24.1 Å². The van der Waals surface area contributed by atoms with Gasteiger partial charge in [0.25, 0.3) is 0 Å². The third-order valence-electron chi connectivity index (χ3n) is 3.61. The molecule has 1 aromatic carbocycles. The molecule has 0 amide bonds. The number of benzene rings is 1. The first-order chi connectivity index (χ1) is 9.06. The Morgan fingerprint density at radius 3 is 2.79 bits per heavy atom. The van der Waals surface area contributed by atoms with E-state index < -0.39 is 5.82 Å². The molecule has 2 N–H and O–H groups in total. The second-order valence-electron chi connectivity index (χ2n) is 5.10. The first-order valence-electron chi connectivity index (χ1n) is 6.59. The van der Waals surface area contributed by atoms with Gasteiger partial charge in [-0.3, -0.25) is 0 Å². The smallest absolute Gasteiger partial charge is 0.171 e. The van der Waals surface area contributed by atoms with Crippen LogP contribution in [0.4, 0.5) is 10.1 Å². The zero-order chi connectivity index (χ0) is 13.8. The number of thiocarbonyl (C=S) groups is 1. The molecule has 2 nitrogen and oxygen atoms in total. The molecule has 0 aromatic heterocycles. The molecule has 0 radical (unpaired) electrons. The van der Waals surface area contributed by atoms with E-state index in [-0.39, 0.29) is 5.02 Å². The van der Waals surface area contributed by atoms with E-state index in [2.05, 4.69) is 17.6 Å². The van der Waals surface area contributed by atoms with Gasteiger partial charge in [-0.05, 0) is 49.2 Å². The van der Waals surface area contributed by atoms with Gasteiger partial charge < -0.3 is 10.6 Å². The number of nitrogens with one attached hydrogen (secondary N) is 2. The predicted molar refractivity (Wildman–Crippen MR) is 82.2 cm³/mol. The average molecular weight is 301 g/mol. The molecule has 19 heavy (non-hydrogen) atoms. The van der Waals surface area contributed by atoms with E-state index in [1.54, 1.807) is 6.07 Å². The first-order valence-corrected chi connectivity index (χ1v) is 7.37. The fraction of sp³-hybridized carbons (Fsp3) is 0.500. The lowest BCUT2D eigenvalue weighted by atomic mass is 9.86. The second kappa shape index (κ2) is 6.53. The molecular weight excluding hydrogens is 283 g/mol. The van der Waals surface area contributed by atoms with Crippen LogP contribution < -0.4 is 10.6 Å². The zero-order valence-corrected chi connectivity index (χ0v) is 12.5. The zero-order valence-electron chi connectivity index (χ0n) is 10.9. The lowest BCUT2D eigenvalue weighted by Gasteiger charge is -2.30. The molecule has 0 heterocycles. The third kappa shape index (κ3) is 4.05. The molecule has 0 saturated heterocycles. The summed E-state index contributed by atoms with van der Waals surface area (Å²) in [6.07, 6.45) is 4.93. The van der Waals surface area contributed by atoms with Crippen LogP contribution in [0.25, 0.3) is 0 Å². The Labute approximate surface area is 123 Å². The second-order valence-corrected chi connectivity index (χ2v) is 5.91. The number of hydrogen-bond donors (Lipinski definition) is 2. The Morgan fingerprint density at radius 1 is 1.37 bits per heavy atom. The van der Waals surface area contributed by atoms with Gasteiger partial charge in [0.05, 0.1) is 5.02 Å². The van der Waals surface area contributed by atoms with E-state index in [0.717, 1.165) is 6.42 Å². The molecule has 0 aliphatic heterocycles. The van der Waals surface area contributed by atoms with Gasteiger partial charge in [0.15, 0.2) is 5.11 Å². The minimum absolute atomic E-state index is 0.0961. The molecule has 0 spiro atoms. The van der Waals surface area contributed by atoms with Crippen LogP contribution in [0.2, 0.25) is 5.02 Å². The highest BCUT2D eigenvalue weighted by Gasteiger charge is 2.21. The van der Waals surface area contributed by atoms with Crippen molar-refractivity contribution in [3.63, 3.8) is 0 Å². The van der Waals surface area contributed by atoms with Gasteiger partial charge in [-0.25, -0.2) is 4.39 Å². The fourth-order valence-corrected chi connectivity index (χ4v) is 2.89. The highest BCUT2D eigenvalue weighted by Crippen LogP contribution is 2.24. The summed E-state index contributed by atoms with van der Waals surface area (Å²) in [6, 6.07) is 4.91. The molecule has 0 unspecified atom stereocenters. The molecule has 1 aliphatic rings. The molecule has 2 atom stereocenters. The van der Waals surface area contributed by atoms with Crippen LogP contribution in [0, 0.1) is 11.7 Å². The number of halogens is 2. The van der Waals surface area contributed by atoms with Crippen molar-refractivity contribution in [3.05, 3.63) is 29.0 Å². The summed E-state index contributed by atoms with van der Waals surface area (Å²) in [4.78, 5) is 0. The normalized spacial score (nSPS) is 22.9. The number of hydrogen-bond acceptors (Lipinski definition) is 1. The van der Waals surface area contributed by atoms with Crippen molar-refractivity contribution in [2.24, 2.45) is 5.92 Å². The predicted octanol–water partition coefficient (Wildman–Crippen LogP) is 4.34. The van der Waals surface area contributed by atoms with Crippen LogP contribution in [0.1, 0.15) is 32.6 Å². The van der Waals surface area contributed by atoms with Gasteiger partial charge in [-0.1, -0.05) is 31.4 Å². The van der Waals surface area contributed by atoms with Crippen LogP contribution >= 0.6 is 23.8 Å². The Balaban J connectivity index is 1.91. The van der Waals surface area contributed by atoms with Gasteiger partial charge in [0.1, 0.15) is 5.82 Å². The van der Waals surface area contributed by atoms with Crippen LogP contribution in [0.3, 0.4) is 0 Å². The SMILES string of the molecule is C[C@H]1CCCC[C@H]1NC(=S)Nc1ccc(F)c(Cl)c1. The van der Waals surface area contributed by atoms with Crippen molar-refractivity contribution in [1.82, 2.24) is 5.32 Å². The van der Waals surface area contributed by atoms with Gasteiger partial charge >= 0.3 is 0 Å². The van der Waals surface area contributed by atoms with E-state index in [9.17, 15) is 4.39 Å². The van der Waals surface area contributed by atoms with E-state index in [0.29, 0.717) is 22.8 Å². The molecule has 1 saturated carbocycles. The van der Waals surface area contributed by atoms with Crippen molar-refractivity contribution in [2.45, 2.75) is 38.6 Å². The molecule has 1 aromatic rings. The lowest BCUT2D eigenvalue weighted by molar-refractivity contribution is 0.309. The molecule has 0 bridgehead atoms. The number of rotatable bonds is 2. The molecular formula is C14H18ClFN2S. The molecule has 1 aliphatic carbocycles. The summed E-state index contributed by atoms with van der Waals surface area (Å²) in [5, 5.41) is 7.05. The molecule has 5 heteroatoms. The van der Waals surface area contributed by atoms with Crippen LogP contribution in [-0.4, -0.2) is 11.2 Å². The summed E-state index contributed by atoms with van der Waals surface area (Å²) >= 11 is 11.0. The maximum absolute atomic E-state index is 13.1. The summed E-state index contributed by atoms with van der Waals surface area (Å²) in [7, 11) is 0. The van der Waals surface area contributed by atoms with Crippen molar-refractivity contribution in [3.8, 4) is 0 Å². The minimum Gasteiger partial charge on any atom is -0.359 e. The Hall–Kier alpha value is -0.870. The van der Waals surface area contributed by atoms with Crippen molar-refractivity contribution in [1.29, 1.82) is 0 Å². The molecule has 1 fully saturated rings. The average Bonchev–Trinajstić information content (AvgIpc) is 2.37. The first kappa shape index (κ1) is 14.5. The maximum atomic E-state index is 13.1. The van der Waals surface area contributed by atoms with Crippen LogP contribution in [-0.2, 0) is 0 Å². The van der Waals surface area contributed by atoms with E-state index >= 15 is 0 Å². The van der Waals surface area contributed by atoms with E-state index in [1.165, 1.54) is 31.4 Å². The van der Waals surface area contributed by atoms with Crippen LogP contribution in [0.15, 0.2) is 18.2 Å². The van der Waals surface area contributed by atoms with Crippen LogP contribution in [0.5, 0.6) is 0 Å². The van der Waals surface area contributed by atoms with Crippen molar-refractivity contribution < 1.29 is 4.39 Å². The Bertz CT molecular complexity index is 467. The van der Waals surface area contributed by atoms with Gasteiger partial charge in [0.2, 0.25) is 0 Å². The van der Waals surface area contributed by atoms with Gasteiger partial charge in [-0.15, -0.1) is 0 Å². The van der Waals surface area contributed by atoms with Gasteiger partial charge in [0, 0.05) is 11.7 Å².